The van der Waals surface area contributed by atoms with Crippen molar-refractivity contribution in [2.75, 3.05) is 6.54 Å². The standard InChI is InChI=1S/C15H12BrFINO/c16-13(10-4-2-1-3-5-10)9-19-15(20)12-7-6-11(17)8-14(12)18/h1-8,13H,9H2,(H,19,20). The van der Waals surface area contributed by atoms with Crippen LogP contribution in [0.15, 0.2) is 48.5 Å². The molecule has 1 unspecified atom stereocenters. The molecular formula is C15H12BrFINO. The van der Waals surface area contributed by atoms with E-state index in [9.17, 15) is 9.18 Å². The van der Waals surface area contributed by atoms with E-state index in [1.54, 1.807) is 0 Å². The van der Waals surface area contributed by atoms with Gasteiger partial charge in [-0.3, -0.25) is 4.79 Å². The summed E-state index contributed by atoms with van der Waals surface area (Å²) in [5, 5.41) is 2.84. The predicted octanol–water partition coefficient (Wildman–Crippen LogP) is 4.30. The van der Waals surface area contributed by atoms with Crippen LogP contribution in [-0.4, -0.2) is 12.5 Å². The fourth-order valence-corrected chi connectivity index (χ4v) is 2.92. The summed E-state index contributed by atoms with van der Waals surface area (Å²) < 4.78 is 13.6. The van der Waals surface area contributed by atoms with Gasteiger partial charge in [0.1, 0.15) is 5.82 Å². The molecule has 2 nitrogen and oxygen atoms in total. The molecule has 104 valence electrons. The number of benzene rings is 2. The first-order valence-electron chi connectivity index (χ1n) is 6.00. The molecular weight excluding hydrogens is 436 g/mol. The van der Waals surface area contributed by atoms with Crippen LogP contribution in [-0.2, 0) is 0 Å². The summed E-state index contributed by atoms with van der Waals surface area (Å²) in [6, 6.07) is 14.0. The summed E-state index contributed by atoms with van der Waals surface area (Å²) >= 11 is 5.50. The zero-order valence-corrected chi connectivity index (χ0v) is 14.2. The lowest BCUT2D eigenvalue weighted by Gasteiger charge is -2.12. The van der Waals surface area contributed by atoms with Crippen LogP contribution in [0.5, 0.6) is 0 Å². The van der Waals surface area contributed by atoms with Gasteiger partial charge in [-0.05, 0) is 46.4 Å². The van der Waals surface area contributed by atoms with E-state index in [-0.39, 0.29) is 16.6 Å². The summed E-state index contributed by atoms with van der Waals surface area (Å²) in [7, 11) is 0. The third-order valence-electron chi connectivity index (χ3n) is 2.78. The smallest absolute Gasteiger partial charge is 0.252 e. The molecule has 2 aromatic rings. The molecule has 0 aromatic heterocycles. The molecule has 20 heavy (non-hydrogen) atoms. The number of hydrogen-bond acceptors (Lipinski definition) is 1. The number of carbonyl (C=O) groups excluding carboxylic acids is 1. The number of amides is 1. The van der Waals surface area contributed by atoms with Crippen LogP contribution in [0, 0.1) is 9.39 Å². The monoisotopic (exact) mass is 447 g/mol. The highest BCUT2D eigenvalue weighted by Gasteiger charge is 2.13. The Labute approximate surface area is 139 Å². The molecule has 0 aliphatic carbocycles. The van der Waals surface area contributed by atoms with Crippen molar-refractivity contribution in [3.63, 3.8) is 0 Å². The van der Waals surface area contributed by atoms with Crippen molar-refractivity contribution in [1.82, 2.24) is 5.32 Å². The maximum Gasteiger partial charge on any atom is 0.252 e. The van der Waals surface area contributed by atoms with Gasteiger partial charge < -0.3 is 5.32 Å². The van der Waals surface area contributed by atoms with Crippen molar-refractivity contribution < 1.29 is 9.18 Å². The number of hydrogen-bond donors (Lipinski definition) is 1. The summed E-state index contributed by atoms with van der Waals surface area (Å²) in [5.41, 5.74) is 1.58. The number of alkyl halides is 1. The normalized spacial score (nSPS) is 11.9. The quantitative estimate of drug-likeness (QED) is 0.549. The molecule has 0 radical (unpaired) electrons. The van der Waals surface area contributed by atoms with E-state index < -0.39 is 0 Å². The number of carbonyl (C=O) groups is 1. The maximum absolute atomic E-state index is 13.0. The molecule has 5 heteroatoms. The Morgan fingerprint density at radius 2 is 1.95 bits per heavy atom. The number of rotatable bonds is 4. The van der Waals surface area contributed by atoms with Gasteiger partial charge in [-0.15, -0.1) is 0 Å². The largest absolute Gasteiger partial charge is 0.351 e. The third kappa shape index (κ3) is 4.02. The minimum atomic E-state index is -0.339. The van der Waals surface area contributed by atoms with E-state index in [0.29, 0.717) is 15.7 Å². The molecule has 1 atom stereocenters. The first-order chi connectivity index (χ1) is 9.58. The Balaban J connectivity index is 1.99. The average molecular weight is 448 g/mol. The van der Waals surface area contributed by atoms with Crippen molar-refractivity contribution in [3.05, 3.63) is 69.0 Å². The summed E-state index contributed by atoms with van der Waals surface area (Å²) in [6.45, 7) is 0.469. The Kier molecular flexibility index (Phi) is 5.54. The van der Waals surface area contributed by atoms with E-state index in [1.807, 2.05) is 52.9 Å². The van der Waals surface area contributed by atoms with E-state index in [0.717, 1.165) is 5.56 Å². The molecule has 0 saturated heterocycles. The van der Waals surface area contributed by atoms with Crippen molar-refractivity contribution in [3.8, 4) is 0 Å². The van der Waals surface area contributed by atoms with E-state index >= 15 is 0 Å². The topological polar surface area (TPSA) is 29.1 Å². The Morgan fingerprint density at radius 3 is 2.60 bits per heavy atom. The summed E-state index contributed by atoms with van der Waals surface area (Å²) in [5.74, 6) is -0.539. The average Bonchev–Trinajstić information content (AvgIpc) is 2.45. The zero-order valence-electron chi connectivity index (χ0n) is 10.4. The van der Waals surface area contributed by atoms with Crippen molar-refractivity contribution >= 4 is 44.4 Å². The summed E-state index contributed by atoms with van der Waals surface area (Å²) in [6.07, 6.45) is 0. The van der Waals surface area contributed by atoms with Gasteiger partial charge >= 0.3 is 0 Å². The number of halogens is 3. The Hall–Kier alpha value is -0.950. The van der Waals surface area contributed by atoms with Gasteiger partial charge in [0.05, 0.1) is 10.4 Å². The maximum atomic E-state index is 13.0. The van der Waals surface area contributed by atoms with E-state index in [4.69, 9.17) is 0 Å². The number of nitrogens with one attached hydrogen (secondary N) is 1. The minimum absolute atomic E-state index is 0.0470. The van der Waals surface area contributed by atoms with E-state index in [2.05, 4.69) is 21.2 Å². The molecule has 0 aliphatic rings. The first-order valence-corrected chi connectivity index (χ1v) is 7.99. The molecule has 1 amide bonds. The third-order valence-corrected chi connectivity index (χ3v) is 4.52. The van der Waals surface area contributed by atoms with E-state index in [1.165, 1.54) is 18.2 Å². The van der Waals surface area contributed by atoms with Crippen molar-refractivity contribution in [1.29, 1.82) is 0 Å². The van der Waals surface area contributed by atoms with Gasteiger partial charge in [-0.2, -0.15) is 0 Å². The minimum Gasteiger partial charge on any atom is -0.351 e. The van der Waals surface area contributed by atoms with Gasteiger partial charge in [0.2, 0.25) is 0 Å². The van der Waals surface area contributed by atoms with Crippen molar-refractivity contribution in [2.45, 2.75) is 4.83 Å². The predicted molar refractivity (Wildman–Crippen MR) is 89.6 cm³/mol. The van der Waals surface area contributed by atoms with Gasteiger partial charge in [-0.1, -0.05) is 46.3 Å². The lowest BCUT2D eigenvalue weighted by atomic mass is 10.1. The van der Waals surface area contributed by atoms with Gasteiger partial charge in [0.15, 0.2) is 0 Å². The Morgan fingerprint density at radius 1 is 1.25 bits per heavy atom. The molecule has 0 heterocycles. The SMILES string of the molecule is O=C(NCC(Br)c1ccccc1)c1ccc(F)cc1I. The van der Waals surface area contributed by atoms with Crippen molar-refractivity contribution in [2.24, 2.45) is 0 Å². The van der Waals surface area contributed by atoms with Crippen LogP contribution >= 0.6 is 38.5 Å². The second-order valence-corrected chi connectivity index (χ2v) is 6.48. The molecule has 0 bridgehead atoms. The molecule has 1 N–H and O–H groups in total. The zero-order chi connectivity index (χ0) is 14.5. The van der Waals surface area contributed by atoms with Crippen LogP contribution in [0.25, 0.3) is 0 Å². The highest BCUT2D eigenvalue weighted by molar-refractivity contribution is 14.1. The second kappa shape index (κ2) is 7.17. The Bertz CT molecular complexity index is 606. The summed E-state index contributed by atoms with van der Waals surface area (Å²) in [4.78, 5) is 12.1. The van der Waals surface area contributed by atoms with Crippen LogP contribution in [0.1, 0.15) is 20.7 Å². The van der Waals surface area contributed by atoms with Gasteiger partial charge in [0.25, 0.3) is 5.91 Å². The molecule has 2 aromatic carbocycles. The molecule has 0 saturated carbocycles. The van der Waals surface area contributed by atoms with Crippen LogP contribution < -0.4 is 5.32 Å². The van der Waals surface area contributed by atoms with Gasteiger partial charge in [0, 0.05) is 10.1 Å². The molecule has 0 fully saturated rings. The second-order valence-electron chi connectivity index (χ2n) is 4.21. The van der Waals surface area contributed by atoms with Crippen LogP contribution in [0.3, 0.4) is 0 Å². The lowest BCUT2D eigenvalue weighted by molar-refractivity contribution is 0.0953. The fourth-order valence-electron chi connectivity index (χ4n) is 1.73. The first kappa shape index (κ1) is 15.4. The highest BCUT2D eigenvalue weighted by atomic mass is 127. The highest BCUT2D eigenvalue weighted by Crippen LogP contribution is 2.21. The van der Waals surface area contributed by atoms with Crippen LogP contribution in [0.4, 0.5) is 4.39 Å². The van der Waals surface area contributed by atoms with Gasteiger partial charge in [-0.25, -0.2) is 4.39 Å². The van der Waals surface area contributed by atoms with Crippen LogP contribution in [0.2, 0.25) is 0 Å². The molecule has 2 rings (SSSR count). The lowest BCUT2D eigenvalue weighted by Crippen LogP contribution is -2.27. The molecule has 0 aliphatic heterocycles. The fraction of sp³-hybridized carbons (Fsp3) is 0.133. The molecule has 0 spiro atoms.